The average molecular weight is 266 g/mol. The second-order valence-corrected chi connectivity index (χ2v) is 3.55. The Morgan fingerprint density at radius 1 is 1.44 bits per heavy atom. The Labute approximate surface area is 101 Å². The third-order valence-electron chi connectivity index (χ3n) is 2.14. The molecule has 0 N–H and O–H groups in total. The maximum atomic E-state index is 12.3. The van der Waals surface area contributed by atoms with Gasteiger partial charge in [0.1, 0.15) is 5.92 Å². The van der Waals surface area contributed by atoms with Gasteiger partial charge < -0.3 is 9.26 Å². The smallest absolute Gasteiger partial charge is 0.455 e. The Bertz CT molecular complexity index is 403. The minimum atomic E-state index is -4.69. The summed E-state index contributed by atoms with van der Waals surface area (Å²) in [4.78, 5) is 14.8. The zero-order valence-electron chi connectivity index (χ0n) is 9.95. The molecule has 5 nitrogen and oxygen atoms in total. The van der Waals surface area contributed by atoms with E-state index in [1.54, 1.807) is 13.8 Å². The summed E-state index contributed by atoms with van der Waals surface area (Å²) in [5.41, 5.74) is 0. The normalized spacial score (nSPS) is 13.4. The van der Waals surface area contributed by atoms with Crippen molar-refractivity contribution in [3.05, 3.63) is 11.7 Å². The fraction of sp³-hybridized carbons (Fsp3) is 0.700. The SMILES string of the molecule is CCCC(C(=O)OCC)c1nc(C(F)(F)F)no1. The van der Waals surface area contributed by atoms with E-state index in [-0.39, 0.29) is 12.5 Å². The van der Waals surface area contributed by atoms with Crippen molar-refractivity contribution in [1.82, 2.24) is 10.1 Å². The molecule has 1 rings (SSSR count). The van der Waals surface area contributed by atoms with Gasteiger partial charge in [0.2, 0.25) is 5.89 Å². The summed E-state index contributed by atoms with van der Waals surface area (Å²) in [6, 6.07) is 0. The molecule has 18 heavy (non-hydrogen) atoms. The first-order chi connectivity index (χ1) is 8.40. The van der Waals surface area contributed by atoms with Crippen LogP contribution in [0.1, 0.15) is 44.3 Å². The maximum Gasteiger partial charge on any atom is 0.455 e. The Morgan fingerprint density at radius 2 is 2.11 bits per heavy atom. The van der Waals surface area contributed by atoms with Gasteiger partial charge in [-0.05, 0) is 13.3 Å². The van der Waals surface area contributed by atoms with E-state index in [1.165, 1.54) is 0 Å². The summed E-state index contributed by atoms with van der Waals surface area (Å²) in [6.45, 7) is 3.53. The molecule has 1 aromatic rings. The number of halogens is 3. The Balaban J connectivity index is 2.92. The van der Waals surface area contributed by atoms with Gasteiger partial charge in [-0.1, -0.05) is 18.5 Å². The summed E-state index contributed by atoms with van der Waals surface area (Å²) in [7, 11) is 0. The summed E-state index contributed by atoms with van der Waals surface area (Å²) in [5.74, 6) is -3.35. The standard InChI is InChI=1S/C10H13F3N2O3/c1-3-5-6(8(16)17-4-2)7-14-9(15-18-7)10(11,12)13/h6H,3-5H2,1-2H3. The quantitative estimate of drug-likeness (QED) is 0.766. The molecule has 8 heteroatoms. The lowest BCUT2D eigenvalue weighted by Gasteiger charge is -2.09. The molecule has 1 aromatic heterocycles. The zero-order valence-corrected chi connectivity index (χ0v) is 9.95. The van der Waals surface area contributed by atoms with Gasteiger partial charge in [-0.2, -0.15) is 18.2 Å². The number of ether oxygens (including phenoxy) is 1. The van der Waals surface area contributed by atoms with E-state index in [2.05, 4.69) is 14.7 Å². The Morgan fingerprint density at radius 3 is 2.56 bits per heavy atom. The summed E-state index contributed by atoms with van der Waals surface area (Å²) in [6.07, 6.45) is -3.82. The molecule has 0 aliphatic heterocycles. The topological polar surface area (TPSA) is 65.2 Å². The van der Waals surface area contributed by atoms with Crippen LogP contribution in [0.5, 0.6) is 0 Å². The number of hydrogen-bond donors (Lipinski definition) is 0. The molecular formula is C10H13F3N2O3. The van der Waals surface area contributed by atoms with Crippen molar-refractivity contribution in [2.45, 2.75) is 38.8 Å². The van der Waals surface area contributed by atoms with Gasteiger partial charge in [-0.3, -0.25) is 4.79 Å². The molecule has 1 atom stereocenters. The minimum Gasteiger partial charge on any atom is -0.465 e. The molecule has 0 saturated carbocycles. The van der Waals surface area contributed by atoms with Gasteiger partial charge in [-0.25, -0.2) is 0 Å². The second kappa shape index (κ2) is 5.83. The summed E-state index contributed by atoms with van der Waals surface area (Å²) < 4.78 is 46.1. The van der Waals surface area contributed by atoms with E-state index < -0.39 is 23.9 Å². The Hall–Kier alpha value is -1.60. The van der Waals surface area contributed by atoms with Crippen LogP contribution in [0.15, 0.2) is 4.52 Å². The van der Waals surface area contributed by atoms with Crippen LogP contribution >= 0.6 is 0 Å². The van der Waals surface area contributed by atoms with E-state index in [4.69, 9.17) is 4.74 Å². The molecule has 0 saturated heterocycles. The van der Waals surface area contributed by atoms with Crippen LogP contribution in [0.25, 0.3) is 0 Å². The first kappa shape index (κ1) is 14.5. The van der Waals surface area contributed by atoms with Gasteiger partial charge in [0.15, 0.2) is 0 Å². The monoisotopic (exact) mass is 266 g/mol. The molecule has 0 aromatic carbocycles. The molecule has 0 fully saturated rings. The van der Waals surface area contributed by atoms with Crippen LogP contribution in [0.3, 0.4) is 0 Å². The predicted octanol–water partition coefficient (Wildman–Crippen LogP) is 2.54. The van der Waals surface area contributed by atoms with Crippen LogP contribution < -0.4 is 0 Å². The molecule has 1 unspecified atom stereocenters. The highest BCUT2D eigenvalue weighted by Crippen LogP contribution is 2.29. The zero-order chi connectivity index (χ0) is 13.8. The van der Waals surface area contributed by atoms with Crippen LogP contribution in [0.2, 0.25) is 0 Å². The van der Waals surface area contributed by atoms with Crippen molar-refractivity contribution in [3.8, 4) is 0 Å². The first-order valence-electron chi connectivity index (χ1n) is 5.47. The molecule has 0 spiro atoms. The van der Waals surface area contributed by atoms with Gasteiger partial charge in [0.05, 0.1) is 6.61 Å². The van der Waals surface area contributed by atoms with Gasteiger partial charge in [0.25, 0.3) is 5.82 Å². The van der Waals surface area contributed by atoms with Gasteiger partial charge in [-0.15, -0.1) is 0 Å². The highest BCUT2D eigenvalue weighted by molar-refractivity contribution is 5.76. The maximum absolute atomic E-state index is 12.3. The third kappa shape index (κ3) is 3.44. The first-order valence-corrected chi connectivity index (χ1v) is 5.47. The highest BCUT2D eigenvalue weighted by atomic mass is 19.4. The lowest BCUT2D eigenvalue weighted by Crippen LogP contribution is -2.17. The van der Waals surface area contributed by atoms with Crippen LogP contribution in [-0.2, 0) is 15.7 Å². The van der Waals surface area contributed by atoms with Crippen molar-refractivity contribution in [2.75, 3.05) is 6.61 Å². The number of hydrogen-bond acceptors (Lipinski definition) is 5. The lowest BCUT2D eigenvalue weighted by molar-refractivity contribution is -0.147. The van der Waals surface area contributed by atoms with E-state index in [0.717, 1.165) is 0 Å². The van der Waals surface area contributed by atoms with Crippen molar-refractivity contribution in [3.63, 3.8) is 0 Å². The number of aromatic nitrogens is 2. The van der Waals surface area contributed by atoms with Crippen molar-refractivity contribution < 1.29 is 27.2 Å². The van der Waals surface area contributed by atoms with Crippen molar-refractivity contribution >= 4 is 5.97 Å². The number of esters is 1. The number of nitrogens with zero attached hydrogens (tertiary/aromatic N) is 2. The fourth-order valence-electron chi connectivity index (χ4n) is 1.37. The Kier molecular flexibility index (Phi) is 4.69. The summed E-state index contributed by atoms with van der Waals surface area (Å²) >= 11 is 0. The van der Waals surface area contributed by atoms with Crippen LogP contribution in [0, 0.1) is 0 Å². The lowest BCUT2D eigenvalue weighted by atomic mass is 10.0. The number of carbonyl (C=O) groups excluding carboxylic acids is 1. The summed E-state index contributed by atoms with van der Waals surface area (Å²) in [5, 5.41) is 2.81. The van der Waals surface area contributed by atoms with E-state index >= 15 is 0 Å². The average Bonchev–Trinajstić information content (AvgIpc) is 2.74. The molecule has 0 bridgehead atoms. The van der Waals surface area contributed by atoms with Crippen LogP contribution in [-0.4, -0.2) is 22.7 Å². The fourth-order valence-corrected chi connectivity index (χ4v) is 1.37. The number of carbonyl (C=O) groups is 1. The van der Waals surface area contributed by atoms with Crippen molar-refractivity contribution in [1.29, 1.82) is 0 Å². The molecule has 102 valence electrons. The van der Waals surface area contributed by atoms with E-state index in [0.29, 0.717) is 12.8 Å². The number of alkyl halides is 3. The molecule has 1 heterocycles. The molecular weight excluding hydrogens is 253 g/mol. The van der Waals surface area contributed by atoms with Gasteiger partial charge in [0, 0.05) is 0 Å². The molecule has 0 radical (unpaired) electrons. The molecule has 0 aliphatic carbocycles. The molecule has 0 amide bonds. The second-order valence-electron chi connectivity index (χ2n) is 3.55. The third-order valence-corrected chi connectivity index (χ3v) is 2.14. The number of rotatable bonds is 5. The van der Waals surface area contributed by atoms with E-state index in [9.17, 15) is 18.0 Å². The predicted molar refractivity (Wildman–Crippen MR) is 53.6 cm³/mol. The van der Waals surface area contributed by atoms with Gasteiger partial charge >= 0.3 is 12.1 Å². The van der Waals surface area contributed by atoms with Crippen molar-refractivity contribution in [2.24, 2.45) is 0 Å². The van der Waals surface area contributed by atoms with Crippen LogP contribution in [0.4, 0.5) is 13.2 Å². The van der Waals surface area contributed by atoms with E-state index in [1.807, 2.05) is 0 Å². The highest BCUT2D eigenvalue weighted by Gasteiger charge is 2.39. The largest absolute Gasteiger partial charge is 0.465 e. The minimum absolute atomic E-state index is 0.138. The molecule has 0 aliphatic rings.